The van der Waals surface area contributed by atoms with Crippen LogP contribution in [-0.4, -0.2) is 22.9 Å². The zero-order valence-electron chi connectivity index (χ0n) is 15.0. The van der Waals surface area contributed by atoms with Crippen LogP contribution in [0, 0.1) is 0 Å². The van der Waals surface area contributed by atoms with E-state index in [1.807, 2.05) is 17.9 Å². The second kappa shape index (κ2) is 6.25. The summed E-state index contributed by atoms with van der Waals surface area (Å²) in [7, 11) is 2.03. The summed E-state index contributed by atoms with van der Waals surface area (Å²) in [6, 6.07) is 7.60. The molecule has 0 saturated carbocycles. The molecular formula is C20H28N4. The van der Waals surface area contributed by atoms with Crippen LogP contribution in [0.25, 0.3) is 0 Å². The smallest absolute Gasteiger partial charge is 0.126 e. The summed E-state index contributed by atoms with van der Waals surface area (Å²) in [5.41, 5.74) is 6.15. The molecule has 4 nitrogen and oxygen atoms in total. The first kappa shape index (κ1) is 15.7. The van der Waals surface area contributed by atoms with E-state index in [0.717, 1.165) is 26.1 Å². The average molecular weight is 324 g/mol. The van der Waals surface area contributed by atoms with Crippen molar-refractivity contribution in [1.82, 2.24) is 15.1 Å². The van der Waals surface area contributed by atoms with E-state index in [9.17, 15) is 0 Å². The van der Waals surface area contributed by atoms with Crippen molar-refractivity contribution in [2.24, 2.45) is 7.05 Å². The van der Waals surface area contributed by atoms with Gasteiger partial charge >= 0.3 is 0 Å². The lowest BCUT2D eigenvalue weighted by Gasteiger charge is -2.33. The van der Waals surface area contributed by atoms with E-state index in [1.54, 1.807) is 11.1 Å². The van der Waals surface area contributed by atoms with Gasteiger partial charge in [-0.2, -0.15) is 5.10 Å². The van der Waals surface area contributed by atoms with Crippen LogP contribution in [0.1, 0.15) is 60.9 Å². The van der Waals surface area contributed by atoms with E-state index in [1.165, 1.54) is 29.8 Å². The van der Waals surface area contributed by atoms with Gasteiger partial charge in [0.05, 0.1) is 6.20 Å². The molecule has 0 aliphatic carbocycles. The minimum atomic E-state index is 0.556. The van der Waals surface area contributed by atoms with Crippen LogP contribution >= 0.6 is 0 Å². The minimum Gasteiger partial charge on any atom is -0.352 e. The Morgan fingerprint density at radius 1 is 1.29 bits per heavy atom. The van der Waals surface area contributed by atoms with Crippen LogP contribution < -0.4 is 10.2 Å². The monoisotopic (exact) mass is 324 g/mol. The normalized spacial score (nSPS) is 20.7. The molecular weight excluding hydrogens is 296 g/mol. The molecule has 1 aromatic heterocycles. The first-order valence-corrected chi connectivity index (χ1v) is 9.25. The predicted molar refractivity (Wildman–Crippen MR) is 98.5 cm³/mol. The Balaban J connectivity index is 1.72. The summed E-state index contributed by atoms with van der Waals surface area (Å²) in [6.45, 7) is 7.83. The quantitative estimate of drug-likeness (QED) is 0.937. The van der Waals surface area contributed by atoms with E-state index in [0.29, 0.717) is 12.0 Å². The zero-order valence-corrected chi connectivity index (χ0v) is 15.0. The molecule has 0 amide bonds. The molecule has 1 fully saturated rings. The van der Waals surface area contributed by atoms with Crippen molar-refractivity contribution < 1.29 is 0 Å². The lowest BCUT2D eigenvalue weighted by Crippen LogP contribution is -2.33. The Bertz CT molecular complexity index is 725. The number of anilines is 1. The van der Waals surface area contributed by atoms with Crippen molar-refractivity contribution in [3.63, 3.8) is 0 Å². The van der Waals surface area contributed by atoms with Gasteiger partial charge in [0, 0.05) is 32.2 Å². The molecule has 0 spiro atoms. The number of hydrogen-bond acceptors (Lipinski definition) is 3. The Labute approximate surface area is 144 Å². The molecule has 1 N–H and O–H groups in total. The fourth-order valence-corrected chi connectivity index (χ4v) is 4.23. The molecule has 1 aromatic carbocycles. The van der Waals surface area contributed by atoms with Gasteiger partial charge in [0.2, 0.25) is 0 Å². The molecule has 2 aliphatic heterocycles. The first-order chi connectivity index (χ1) is 11.6. The molecule has 3 heterocycles. The van der Waals surface area contributed by atoms with E-state index in [4.69, 9.17) is 0 Å². The second-order valence-corrected chi connectivity index (χ2v) is 7.54. The van der Waals surface area contributed by atoms with Gasteiger partial charge in [-0.25, -0.2) is 0 Å². The third kappa shape index (κ3) is 2.73. The van der Waals surface area contributed by atoms with Gasteiger partial charge in [-0.1, -0.05) is 26.0 Å². The van der Waals surface area contributed by atoms with Crippen molar-refractivity contribution in [1.29, 1.82) is 0 Å². The fourth-order valence-electron chi connectivity index (χ4n) is 4.23. The van der Waals surface area contributed by atoms with E-state index in [-0.39, 0.29) is 0 Å². The average Bonchev–Trinajstić information content (AvgIpc) is 3.24. The molecule has 4 rings (SSSR count). The molecule has 4 heteroatoms. The molecule has 2 aromatic rings. The number of aryl methyl sites for hydroxylation is 1. The van der Waals surface area contributed by atoms with Gasteiger partial charge in [-0.15, -0.1) is 0 Å². The molecule has 0 bridgehead atoms. The van der Waals surface area contributed by atoms with Gasteiger partial charge in [-0.05, 0) is 54.0 Å². The maximum Gasteiger partial charge on any atom is 0.126 e. The topological polar surface area (TPSA) is 33.1 Å². The highest BCUT2D eigenvalue weighted by Gasteiger charge is 2.26. The Morgan fingerprint density at radius 3 is 2.83 bits per heavy atom. The molecule has 1 saturated heterocycles. The largest absolute Gasteiger partial charge is 0.352 e. The Hall–Kier alpha value is -1.81. The molecule has 0 unspecified atom stereocenters. The summed E-state index contributed by atoms with van der Waals surface area (Å²) < 4.78 is 1.98. The number of nitrogens with one attached hydrogen (secondary N) is 1. The van der Waals surface area contributed by atoms with Crippen LogP contribution in [0.2, 0.25) is 0 Å². The van der Waals surface area contributed by atoms with Gasteiger partial charge in [0.15, 0.2) is 0 Å². The van der Waals surface area contributed by atoms with Crippen molar-refractivity contribution in [2.75, 3.05) is 18.0 Å². The third-order valence-electron chi connectivity index (χ3n) is 5.61. The summed E-state index contributed by atoms with van der Waals surface area (Å²) in [5.74, 6) is 1.79. The maximum absolute atomic E-state index is 4.34. The van der Waals surface area contributed by atoms with Crippen LogP contribution in [0.5, 0.6) is 0 Å². The summed E-state index contributed by atoms with van der Waals surface area (Å²) >= 11 is 0. The summed E-state index contributed by atoms with van der Waals surface area (Å²) in [6.07, 6.45) is 5.60. The van der Waals surface area contributed by atoms with Crippen LogP contribution in [0.4, 0.5) is 5.82 Å². The van der Waals surface area contributed by atoms with Crippen molar-refractivity contribution in [2.45, 2.75) is 51.6 Å². The molecule has 24 heavy (non-hydrogen) atoms. The Kier molecular flexibility index (Phi) is 4.09. The summed E-state index contributed by atoms with van der Waals surface area (Å²) in [5, 5.41) is 8.05. The maximum atomic E-state index is 4.34. The molecule has 1 atom stereocenters. The number of nitrogens with zero attached hydrogens (tertiary/aromatic N) is 3. The highest BCUT2D eigenvalue weighted by Crippen LogP contribution is 2.35. The number of aromatic nitrogens is 2. The lowest BCUT2D eigenvalue weighted by atomic mass is 9.86. The predicted octanol–water partition coefficient (Wildman–Crippen LogP) is 3.53. The van der Waals surface area contributed by atoms with Crippen molar-refractivity contribution >= 4 is 5.82 Å². The van der Waals surface area contributed by atoms with Crippen molar-refractivity contribution in [3.8, 4) is 0 Å². The molecule has 128 valence electrons. The van der Waals surface area contributed by atoms with Crippen LogP contribution in [0.3, 0.4) is 0 Å². The van der Waals surface area contributed by atoms with Crippen LogP contribution in [-0.2, 0) is 20.0 Å². The van der Waals surface area contributed by atoms with E-state index in [2.05, 4.69) is 47.4 Å². The number of rotatable bonds is 3. The number of benzene rings is 1. The molecule has 2 aliphatic rings. The standard InChI is InChI=1S/C20H28N4/c1-14(2)15-11-16-13-24(20-6-9-22-23(20)3)10-7-17(16)18(12-15)19-5-4-8-21-19/h6,9,11-12,14,19,21H,4-5,7-8,10,13H2,1-3H3/t19-/m0/s1. The van der Waals surface area contributed by atoms with Gasteiger partial charge in [0.1, 0.15) is 5.82 Å². The molecule has 0 radical (unpaired) electrons. The van der Waals surface area contributed by atoms with Gasteiger partial charge in [-0.3, -0.25) is 4.68 Å². The van der Waals surface area contributed by atoms with Gasteiger partial charge < -0.3 is 10.2 Å². The minimum absolute atomic E-state index is 0.556. The Morgan fingerprint density at radius 2 is 2.17 bits per heavy atom. The fraction of sp³-hybridized carbons (Fsp3) is 0.550. The zero-order chi connectivity index (χ0) is 16.7. The number of hydrogen-bond donors (Lipinski definition) is 1. The first-order valence-electron chi connectivity index (χ1n) is 9.25. The third-order valence-corrected chi connectivity index (χ3v) is 5.61. The van der Waals surface area contributed by atoms with Crippen LogP contribution in [0.15, 0.2) is 24.4 Å². The SMILES string of the molecule is CC(C)c1cc2c(c([C@@H]3CCCN3)c1)CCN(c1ccnn1C)C2. The van der Waals surface area contributed by atoms with Gasteiger partial charge in [0.25, 0.3) is 0 Å². The highest BCUT2D eigenvalue weighted by molar-refractivity contribution is 5.49. The van der Waals surface area contributed by atoms with E-state index >= 15 is 0 Å². The van der Waals surface area contributed by atoms with E-state index < -0.39 is 0 Å². The van der Waals surface area contributed by atoms with Crippen molar-refractivity contribution in [3.05, 3.63) is 46.6 Å². The second-order valence-electron chi connectivity index (χ2n) is 7.54. The lowest BCUT2D eigenvalue weighted by molar-refractivity contribution is 0.616. The summed E-state index contributed by atoms with van der Waals surface area (Å²) in [4.78, 5) is 2.46. The highest BCUT2D eigenvalue weighted by atomic mass is 15.4. The number of fused-ring (bicyclic) bond motifs is 1.